The molecule has 0 amide bonds. The molecular weight excluding hydrogens is 198 g/mol. The Kier molecular flexibility index (Phi) is 4.66. The molecule has 0 spiro atoms. The van der Waals surface area contributed by atoms with Gasteiger partial charge in [0.1, 0.15) is 0 Å². The summed E-state index contributed by atoms with van der Waals surface area (Å²) in [5, 5.41) is 3.54. The van der Waals surface area contributed by atoms with Crippen LogP contribution in [-0.4, -0.2) is 25.8 Å². The molecule has 1 N–H and O–H groups in total. The first kappa shape index (κ1) is 12.4. The Bertz CT molecular complexity index is 201. The van der Waals surface area contributed by atoms with Gasteiger partial charge in [-0.05, 0) is 32.7 Å². The highest BCUT2D eigenvalue weighted by Crippen LogP contribution is 2.32. The summed E-state index contributed by atoms with van der Waals surface area (Å²) in [6, 6.07) is 0.681. The van der Waals surface area contributed by atoms with Crippen LogP contribution in [0.25, 0.3) is 0 Å². The summed E-state index contributed by atoms with van der Waals surface area (Å²) in [6.07, 6.45) is 10.4. The summed E-state index contributed by atoms with van der Waals surface area (Å²) in [7, 11) is 2.12. The number of rotatable bonds is 4. The monoisotopic (exact) mass is 225 g/mol. The van der Waals surface area contributed by atoms with Gasteiger partial charge in [0.2, 0.25) is 0 Å². The minimum absolute atomic E-state index is 0.459. The number of ether oxygens (including phenoxy) is 1. The quantitative estimate of drug-likeness (QED) is 0.794. The minimum Gasteiger partial charge on any atom is -0.378 e. The highest BCUT2D eigenvalue weighted by molar-refractivity contribution is 4.85. The molecule has 3 atom stereocenters. The molecule has 0 aromatic rings. The van der Waals surface area contributed by atoms with Gasteiger partial charge in [0.25, 0.3) is 0 Å². The highest BCUT2D eigenvalue weighted by atomic mass is 16.5. The van der Waals surface area contributed by atoms with Crippen molar-refractivity contribution in [3.8, 4) is 0 Å². The van der Waals surface area contributed by atoms with Gasteiger partial charge in [0.15, 0.2) is 0 Å². The Morgan fingerprint density at radius 2 is 1.94 bits per heavy atom. The molecule has 0 radical (unpaired) electrons. The molecule has 1 saturated heterocycles. The summed E-state index contributed by atoms with van der Waals surface area (Å²) in [5.74, 6) is 1.71. The van der Waals surface area contributed by atoms with E-state index in [1.165, 1.54) is 44.9 Å². The van der Waals surface area contributed by atoms with Crippen molar-refractivity contribution in [2.24, 2.45) is 11.8 Å². The van der Waals surface area contributed by atoms with Crippen molar-refractivity contribution >= 4 is 0 Å². The lowest BCUT2D eigenvalue weighted by molar-refractivity contribution is 0.0916. The summed E-state index contributed by atoms with van der Waals surface area (Å²) in [6.45, 7) is 3.21. The van der Waals surface area contributed by atoms with Gasteiger partial charge in [0, 0.05) is 18.6 Å². The first-order chi connectivity index (χ1) is 7.81. The average molecular weight is 225 g/mol. The van der Waals surface area contributed by atoms with Gasteiger partial charge < -0.3 is 10.1 Å². The van der Waals surface area contributed by atoms with Crippen molar-refractivity contribution in [3.05, 3.63) is 0 Å². The molecule has 1 aliphatic heterocycles. The zero-order valence-corrected chi connectivity index (χ0v) is 10.9. The molecule has 16 heavy (non-hydrogen) atoms. The van der Waals surface area contributed by atoms with E-state index in [-0.39, 0.29) is 0 Å². The predicted molar refractivity (Wildman–Crippen MR) is 67.6 cm³/mol. The van der Waals surface area contributed by atoms with E-state index in [1.54, 1.807) is 0 Å². The second-order valence-corrected chi connectivity index (χ2v) is 5.66. The molecule has 0 bridgehead atoms. The summed E-state index contributed by atoms with van der Waals surface area (Å²) in [5.41, 5.74) is 0. The van der Waals surface area contributed by atoms with Crippen LogP contribution in [0.4, 0.5) is 0 Å². The van der Waals surface area contributed by atoms with Gasteiger partial charge in [0.05, 0.1) is 6.10 Å². The number of hydrogen-bond acceptors (Lipinski definition) is 2. The molecule has 1 aliphatic carbocycles. The zero-order valence-electron chi connectivity index (χ0n) is 10.9. The molecular formula is C14H27NO. The van der Waals surface area contributed by atoms with E-state index in [2.05, 4.69) is 19.3 Å². The molecule has 2 rings (SSSR count). The Labute approximate surface area is 100 Å². The topological polar surface area (TPSA) is 21.3 Å². The van der Waals surface area contributed by atoms with Crippen LogP contribution < -0.4 is 5.32 Å². The molecule has 0 aromatic heterocycles. The maximum Gasteiger partial charge on any atom is 0.0590 e. The van der Waals surface area contributed by atoms with Crippen LogP contribution in [0.2, 0.25) is 0 Å². The van der Waals surface area contributed by atoms with Gasteiger partial charge in [-0.1, -0.05) is 32.1 Å². The van der Waals surface area contributed by atoms with Crippen LogP contribution in [0.3, 0.4) is 0 Å². The molecule has 3 unspecified atom stereocenters. The van der Waals surface area contributed by atoms with Crippen molar-refractivity contribution in [3.63, 3.8) is 0 Å². The third-order valence-corrected chi connectivity index (χ3v) is 4.63. The van der Waals surface area contributed by atoms with E-state index in [4.69, 9.17) is 4.74 Å². The van der Waals surface area contributed by atoms with Crippen molar-refractivity contribution in [1.29, 1.82) is 0 Å². The second kappa shape index (κ2) is 6.02. The van der Waals surface area contributed by atoms with E-state index in [9.17, 15) is 0 Å². The van der Waals surface area contributed by atoms with Gasteiger partial charge in [-0.3, -0.25) is 0 Å². The maximum atomic E-state index is 5.70. The van der Waals surface area contributed by atoms with Gasteiger partial charge >= 0.3 is 0 Å². The predicted octanol–water partition coefficient (Wildman–Crippen LogP) is 2.97. The summed E-state index contributed by atoms with van der Waals surface area (Å²) < 4.78 is 5.70. The Balaban J connectivity index is 1.84. The van der Waals surface area contributed by atoms with Gasteiger partial charge in [-0.15, -0.1) is 0 Å². The molecule has 1 saturated carbocycles. The molecule has 1 heterocycles. The van der Waals surface area contributed by atoms with Crippen molar-refractivity contribution in [1.82, 2.24) is 5.32 Å². The van der Waals surface area contributed by atoms with Crippen molar-refractivity contribution in [2.75, 3.05) is 13.7 Å². The lowest BCUT2D eigenvalue weighted by Crippen LogP contribution is -2.38. The van der Waals surface area contributed by atoms with Crippen LogP contribution in [0.15, 0.2) is 0 Å². The van der Waals surface area contributed by atoms with Crippen LogP contribution in [0.1, 0.15) is 51.9 Å². The third-order valence-electron chi connectivity index (χ3n) is 4.63. The molecule has 2 nitrogen and oxygen atoms in total. The Hall–Kier alpha value is -0.0800. The summed E-state index contributed by atoms with van der Waals surface area (Å²) >= 11 is 0. The van der Waals surface area contributed by atoms with E-state index in [0.29, 0.717) is 12.1 Å². The second-order valence-electron chi connectivity index (χ2n) is 5.66. The molecule has 0 aromatic carbocycles. The van der Waals surface area contributed by atoms with Gasteiger partial charge in [-0.2, -0.15) is 0 Å². The Morgan fingerprint density at radius 1 is 1.19 bits per heavy atom. The van der Waals surface area contributed by atoms with E-state index in [0.717, 1.165) is 18.4 Å². The first-order valence-corrected chi connectivity index (χ1v) is 7.10. The SMILES string of the molecule is CNC(CC1CCCCC1)C1CCOC1C. The van der Waals surface area contributed by atoms with Crippen LogP contribution >= 0.6 is 0 Å². The van der Waals surface area contributed by atoms with Crippen LogP contribution in [0, 0.1) is 11.8 Å². The highest BCUT2D eigenvalue weighted by Gasteiger charge is 2.32. The lowest BCUT2D eigenvalue weighted by Gasteiger charge is -2.31. The third kappa shape index (κ3) is 2.98. The normalized spacial score (nSPS) is 34.1. The number of hydrogen-bond donors (Lipinski definition) is 1. The zero-order chi connectivity index (χ0) is 11.4. The average Bonchev–Trinajstić information content (AvgIpc) is 2.74. The standard InChI is InChI=1S/C14H27NO/c1-11-13(8-9-16-11)14(15-2)10-12-6-4-3-5-7-12/h11-15H,3-10H2,1-2H3. The lowest BCUT2D eigenvalue weighted by atomic mass is 9.80. The smallest absolute Gasteiger partial charge is 0.0590 e. The Morgan fingerprint density at radius 3 is 2.50 bits per heavy atom. The molecule has 2 fully saturated rings. The number of nitrogens with one attached hydrogen (secondary N) is 1. The molecule has 2 aliphatic rings. The van der Waals surface area contributed by atoms with Gasteiger partial charge in [-0.25, -0.2) is 0 Å². The van der Waals surface area contributed by atoms with Crippen molar-refractivity contribution in [2.45, 2.75) is 64.0 Å². The minimum atomic E-state index is 0.459. The largest absolute Gasteiger partial charge is 0.378 e. The summed E-state index contributed by atoms with van der Waals surface area (Å²) in [4.78, 5) is 0. The van der Waals surface area contributed by atoms with Crippen LogP contribution in [0.5, 0.6) is 0 Å². The van der Waals surface area contributed by atoms with Crippen molar-refractivity contribution < 1.29 is 4.74 Å². The first-order valence-electron chi connectivity index (χ1n) is 7.10. The maximum absolute atomic E-state index is 5.70. The fraction of sp³-hybridized carbons (Fsp3) is 1.00. The van der Waals surface area contributed by atoms with E-state index in [1.807, 2.05) is 0 Å². The van der Waals surface area contributed by atoms with E-state index < -0.39 is 0 Å². The van der Waals surface area contributed by atoms with E-state index >= 15 is 0 Å². The molecule has 2 heteroatoms. The fourth-order valence-corrected chi connectivity index (χ4v) is 3.57. The van der Waals surface area contributed by atoms with Crippen LogP contribution in [-0.2, 0) is 4.74 Å². The molecule has 94 valence electrons. The fourth-order valence-electron chi connectivity index (χ4n) is 3.57.